The first-order valence-corrected chi connectivity index (χ1v) is 5.14. The van der Waals surface area contributed by atoms with Crippen LogP contribution in [0.1, 0.15) is 25.3 Å². The molecule has 3 heteroatoms. The van der Waals surface area contributed by atoms with Gasteiger partial charge in [-0.2, -0.15) is 0 Å². The van der Waals surface area contributed by atoms with E-state index in [1.165, 1.54) is 0 Å². The highest BCUT2D eigenvalue weighted by molar-refractivity contribution is 5.79. The molecule has 2 atom stereocenters. The Hall–Kier alpha value is -1.35. The zero-order valence-corrected chi connectivity index (χ0v) is 9.14. The highest BCUT2D eigenvalue weighted by atomic mass is 16.5. The number of carbonyl (C=O) groups is 1. The van der Waals surface area contributed by atoms with Crippen molar-refractivity contribution in [2.24, 2.45) is 5.73 Å². The van der Waals surface area contributed by atoms with Gasteiger partial charge in [0.2, 0.25) is 0 Å². The third kappa shape index (κ3) is 3.06. The van der Waals surface area contributed by atoms with Gasteiger partial charge in [0.25, 0.3) is 0 Å². The van der Waals surface area contributed by atoms with E-state index >= 15 is 0 Å². The van der Waals surface area contributed by atoms with Crippen molar-refractivity contribution >= 4 is 5.97 Å². The van der Waals surface area contributed by atoms with Gasteiger partial charge in [-0.15, -0.1) is 0 Å². The predicted molar refractivity (Wildman–Crippen MR) is 59.5 cm³/mol. The van der Waals surface area contributed by atoms with Crippen LogP contribution in [0.15, 0.2) is 30.3 Å². The molecule has 1 rings (SSSR count). The first-order chi connectivity index (χ1) is 7.16. The van der Waals surface area contributed by atoms with E-state index in [1.54, 1.807) is 6.92 Å². The normalized spacial score (nSPS) is 14.3. The summed E-state index contributed by atoms with van der Waals surface area (Å²) in [6.45, 7) is 3.99. The van der Waals surface area contributed by atoms with E-state index in [0.717, 1.165) is 5.56 Å². The molecule has 2 N–H and O–H groups in total. The lowest BCUT2D eigenvalue weighted by molar-refractivity contribution is -0.145. The number of esters is 1. The fourth-order valence-corrected chi connectivity index (χ4v) is 1.55. The van der Waals surface area contributed by atoms with Gasteiger partial charge < -0.3 is 10.5 Å². The van der Waals surface area contributed by atoms with Gasteiger partial charge in [0.15, 0.2) is 0 Å². The summed E-state index contributed by atoms with van der Waals surface area (Å²) >= 11 is 0. The Bertz CT molecular complexity index is 309. The predicted octanol–water partition coefficient (Wildman–Crippen LogP) is 1.68. The van der Waals surface area contributed by atoms with Crippen LogP contribution in [0.4, 0.5) is 0 Å². The molecule has 0 aliphatic heterocycles. The Morgan fingerprint density at radius 2 is 2.00 bits per heavy atom. The minimum absolute atomic E-state index is 0.244. The Balaban J connectivity index is 2.88. The van der Waals surface area contributed by atoms with Crippen molar-refractivity contribution in [3.05, 3.63) is 35.9 Å². The van der Waals surface area contributed by atoms with Gasteiger partial charge in [-0.3, -0.25) is 4.79 Å². The quantitative estimate of drug-likeness (QED) is 0.764. The van der Waals surface area contributed by atoms with Crippen LogP contribution in [0.2, 0.25) is 0 Å². The second-order valence-electron chi connectivity index (χ2n) is 3.50. The molecule has 1 aromatic carbocycles. The summed E-state index contributed by atoms with van der Waals surface area (Å²) in [5, 5.41) is 0. The second kappa shape index (κ2) is 5.51. The minimum atomic E-state index is -0.369. The summed E-state index contributed by atoms with van der Waals surface area (Å²) in [4.78, 5) is 11.7. The molecule has 0 saturated heterocycles. The summed E-state index contributed by atoms with van der Waals surface area (Å²) in [5.74, 6) is -0.621. The van der Waals surface area contributed by atoms with E-state index in [9.17, 15) is 4.79 Å². The molecule has 0 aliphatic rings. The van der Waals surface area contributed by atoms with E-state index in [1.807, 2.05) is 37.3 Å². The van der Waals surface area contributed by atoms with Crippen LogP contribution in [0.3, 0.4) is 0 Å². The standard InChI is InChI=1S/C12H17NO2/c1-3-15-12(14)11(9(2)13)10-7-5-4-6-8-10/h4-9,11H,3,13H2,1-2H3/t9-,11-/m1/s1. The lowest BCUT2D eigenvalue weighted by atomic mass is 9.93. The molecule has 0 heterocycles. The van der Waals surface area contributed by atoms with Crippen molar-refractivity contribution in [1.29, 1.82) is 0 Å². The average Bonchev–Trinajstić information content (AvgIpc) is 2.19. The van der Waals surface area contributed by atoms with Crippen molar-refractivity contribution in [2.45, 2.75) is 25.8 Å². The molecule has 0 aliphatic carbocycles. The molecule has 15 heavy (non-hydrogen) atoms. The Morgan fingerprint density at radius 3 is 2.47 bits per heavy atom. The second-order valence-corrected chi connectivity index (χ2v) is 3.50. The van der Waals surface area contributed by atoms with E-state index in [4.69, 9.17) is 10.5 Å². The van der Waals surface area contributed by atoms with Crippen LogP contribution in [-0.2, 0) is 9.53 Å². The number of carbonyl (C=O) groups excluding carboxylic acids is 1. The molecular formula is C12H17NO2. The summed E-state index contributed by atoms with van der Waals surface area (Å²) in [6.07, 6.45) is 0. The lowest BCUT2D eigenvalue weighted by Gasteiger charge is -2.19. The molecule has 0 spiro atoms. The maximum atomic E-state index is 11.7. The van der Waals surface area contributed by atoms with Crippen LogP contribution in [0, 0.1) is 0 Å². The van der Waals surface area contributed by atoms with Crippen LogP contribution < -0.4 is 5.73 Å². The Kier molecular flexibility index (Phi) is 4.31. The molecule has 3 nitrogen and oxygen atoms in total. The van der Waals surface area contributed by atoms with Gasteiger partial charge in [-0.1, -0.05) is 30.3 Å². The van der Waals surface area contributed by atoms with E-state index < -0.39 is 0 Å². The third-order valence-electron chi connectivity index (χ3n) is 2.23. The number of ether oxygens (including phenoxy) is 1. The van der Waals surface area contributed by atoms with Gasteiger partial charge in [-0.25, -0.2) is 0 Å². The van der Waals surface area contributed by atoms with Crippen LogP contribution >= 0.6 is 0 Å². The van der Waals surface area contributed by atoms with E-state index in [2.05, 4.69) is 0 Å². The molecular weight excluding hydrogens is 190 g/mol. The molecule has 0 aromatic heterocycles. The lowest BCUT2D eigenvalue weighted by Crippen LogP contribution is -2.32. The number of hydrogen-bond acceptors (Lipinski definition) is 3. The molecule has 82 valence electrons. The largest absolute Gasteiger partial charge is 0.465 e. The maximum Gasteiger partial charge on any atom is 0.314 e. The van der Waals surface area contributed by atoms with Crippen molar-refractivity contribution in [1.82, 2.24) is 0 Å². The highest BCUT2D eigenvalue weighted by Gasteiger charge is 2.25. The fourth-order valence-electron chi connectivity index (χ4n) is 1.55. The van der Waals surface area contributed by atoms with Crippen molar-refractivity contribution < 1.29 is 9.53 Å². The third-order valence-corrected chi connectivity index (χ3v) is 2.23. The summed E-state index contributed by atoms with van der Waals surface area (Å²) < 4.78 is 5.00. The van der Waals surface area contributed by atoms with Crippen LogP contribution in [0.25, 0.3) is 0 Å². The van der Waals surface area contributed by atoms with Crippen LogP contribution in [0.5, 0.6) is 0 Å². The van der Waals surface area contributed by atoms with Gasteiger partial charge in [0.1, 0.15) is 0 Å². The number of rotatable bonds is 4. The first-order valence-electron chi connectivity index (χ1n) is 5.14. The SMILES string of the molecule is CCOC(=O)[C@@H](c1ccccc1)[C@@H](C)N. The zero-order chi connectivity index (χ0) is 11.3. The number of benzene rings is 1. The van der Waals surface area contributed by atoms with Gasteiger partial charge >= 0.3 is 5.97 Å². The molecule has 0 fully saturated rings. The van der Waals surface area contributed by atoms with E-state index in [-0.39, 0.29) is 17.9 Å². The summed E-state index contributed by atoms with van der Waals surface area (Å²) in [5.41, 5.74) is 6.71. The van der Waals surface area contributed by atoms with Crippen molar-refractivity contribution in [3.8, 4) is 0 Å². The summed E-state index contributed by atoms with van der Waals surface area (Å²) in [6, 6.07) is 9.24. The van der Waals surface area contributed by atoms with E-state index in [0.29, 0.717) is 6.61 Å². The molecule has 0 bridgehead atoms. The van der Waals surface area contributed by atoms with Gasteiger partial charge in [-0.05, 0) is 19.4 Å². The first kappa shape index (κ1) is 11.7. The highest BCUT2D eigenvalue weighted by Crippen LogP contribution is 2.19. The summed E-state index contributed by atoms with van der Waals surface area (Å²) in [7, 11) is 0. The number of hydrogen-bond donors (Lipinski definition) is 1. The average molecular weight is 207 g/mol. The smallest absolute Gasteiger partial charge is 0.314 e. The molecule has 0 saturated carbocycles. The van der Waals surface area contributed by atoms with Crippen molar-refractivity contribution in [2.75, 3.05) is 6.61 Å². The minimum Gasteiger partial charge on any atom is -0.465 e. The molecule has 0 radical (unpaired) electrons. The topological polar surface area (TPSA) is 52.3 Å². The van der Waals surface area contributed by atoms with Gasteiger partial charge in [0, 0.05) is 6.04 Å². The molecule has 1 aromatic rings. The monoisotopic (exact) mass is 207 g/mol. The molecule has 0 amide bonds. The van der Waals surface area contributed by atoms with Crippen molar-refractivity contribution in [3.63, 3.8) is 0 Å². The van der Waals surface area contributed by atoms with Crippen LogP contribution in [-0.4, -0.2) is 18.6 Å². The Labute approximate surface area is 90.2 Å². The molecule has 0 unspecified atom stereocenters. The maximum absolute atomic E-state index is 11.7. The number of nitrogens with two attached hydrogens (primary N) is 1. The zero-order valence-electron chi connectivity index (χ0n) is 9.14. The fraction of sp³-hybridized carbons (Fsp3) is 0.417. The van der Waals surface area contributed by atoms with Gasteiger partial charge in [0.05, 0.1) is 12.5 Å². The Morgan fingerprint density at radius 1 is 1.40 bits per heavy atom.